The number of carbonyl (C=O) groups is 1. The van der Waals surface area contributed by atoms with Crippen LogP contribution in [0.2, 0.25) is 10.0 Å². The number of rotatable bonds is 9. The second-order valence-corrected chi connectivity index (χ2v) is 10.1. The van der Waals surface area contributed by atoms with E-state index in [0.29, 0.717) is 10.0 Å². The Morgan fingerprint density at radius 2 is 1.68 bits per heavy atom. The van der Waals surface area contributed by atoms with Crippen LogP contribution in [0.1, 0.15) is 34.2 Å². The monoisotopic (exact) mass is 586 g/mol. The average molecular weight is 587 g/mol. The molecule has 41 heavy (non-hydrogen) atoms. The van der Waals surface area contributed by atoms with Crippen LogP contribution in [0.3, 0.4) is 0 Å². The van der Waals surface area contributed by atoms with Crippen LogP contribution in [-0.2, 0) is 13.2 Å². The normalized spacial score (nSPS) is 11.2. The lowest BCUT2D eigenvalue weighted by Gasteiger charge is -2.10. The second kappa shape index (κ2) is 12.4. The summed E-state index contributed by atoms with van der Waals surface area (Å²) >= 11 is 12.4. The standard InChI is InChI=1S/C33H25Cl2FN2O3/c1-2-38-19-30(27-14-13-26(34)18-28(27)35)37-32(38)16-7-21-3-8-23(9-4-21)25-12-15-31(29(36)17-25)41-20-22-5-10-24(11-6-22)33(39)40/h3-19H,2,20H2,1H3,(H,39,40)/b16-7+. The van der Waals surface area contributed by atoms with Crippen LogP contribution in [0.5, 0.6) is 5.75 Å². The van der Waals surface area contributed by atoms with Crippen molar-refractivity contribution in [3.63, 3.8) is 0 Å². The van der Waals surface area contributed by atoms with E-state index in [1.807, 2.05) is 53.2 Å². The van der Waals surface area contributed by atoms with Gasteiger partial charge in [0, 0.05) is 23.3 Å². The van der Waals surface area contributed by atoms with E-state index in [0.717, 1.165) is 45.9 Å². The maximum Gasteiger partial charge on any atom is 0.335 e. The number of carboxylic acid groups (broad SMARTS) is 1. The summed E-state index contributed by atoms with van der Waals surface area (Å²) in [5.41, 5.74) is 5.09. The summed E-state index contributed by atoms with van der Waals surface area (Å²) in [4.78, 5) is 15.7. The summed E-state index contributed by atoms with van der Waals surface area (Å²) in [5.74, 6) is -0.549. The topological polar surface area (TPSA) is 64.4 Å². The summed E-state index contributed by atoms with van der Waals surface area (Å²) in [7, 11) is 0. The third-order valence-electron chi connectivity index (χ3n) is 6.55. The molecule has 0 spiro atoms. The summed E-state index contributed by atoms with van der Waals surface area (Å²) < 4.78 is 22.5. The molecule has 0 bridgehead atoms. The van der Waals surface area contributed by atoms with Crippen molar-refractivity contribution in [1.82, 2.24) is 9.55 Å². The molecule has 8 heteroatoms. The van der Waals surface area contributed by atoms with Gasteiger partial charge in [0.15, 0.2) is 11.6 Å². The van der Waals surface area contributed by atoms with Crippen LogP contribution >= 0.6 is 23.2 Å². The fraction of sp³-hybridized carbons (Fsp3) is 0.0909. The van der Waals surface area contributed by atoms with Crippen molar-refractivity contribution in [1.29, 1.82) is 0 Å². The number of benzene rings is 4. The molecular formula is C33H25Cl2FN2O3. The summed E-state index contributed by atoms with van der Waals surface area (Å²) in [5, 5.41) is 10.1. The lowest BCUT2D eigenvalue weighted by molar-refractivity contribution is 0.0697. The smallest absolute Gasteiger partial charge is 0.335 e. The highest BCUT2D eigenvalue weighted by Crippen LogP contribution is 2.31. The van der Waals surface area contributed by atoms with Crippen molar-refractivity contribution in [2.75, 3.05) is 0 Å². The van der Waals surface area contributed by atoms with Gasteiger partial charge in [0.1, 0.15) is 12.4 Å². The Balaban J connectivity index is 1.26. The molecule has 5 nitrogen and oxygen atoms in total. The number of imidazole rings is 1. The van der Waals surface area contributed by atoms with Crippen LogP contribution in [-0.4, -0.2) is 20.6 Å². The number of aromatic nitrogens is 2. The number of hydrogen-bond donors (Lipinski definition) is 1. The fourth-order valence-corrected chi connectivity index (χ4v) is 4.81. The lowest BCUT2D eigenvalue weighted by atomic mass is 10.0. The third kappa shape index (κ3) is 6.68. The molecule has 4 aromatic carbocycles. The minimum Gasteiger partial charge on any atom is -0.486 e. The molecule has 5 rings (SSSR count). The third-order valence-corrected chi connectivity index (χ3v) is 7.10. The molecule has 0 aliphatic rings. The van der Waals surface area contributed by atoms with Crippen molar-refractivity contribution in [2.24, 2.45) is 0 Å². The van der Waals surface area contributed by atoms with Gasteiger partial charge in [-0.15, -0.1) is 0 Å². The molecule has 0 saturated carbocycles. The van der Waals surface area contributed by atoms with Crippen LogP contribution in [0.4, 0.5) is 4.39 Å². The molecule has 0 unspecified atom stereocenters. The van der Waals surface area contributed by atoms with Gasteiger partial charge in [-0.2, -0.15) is 0 Å². The predicted octanol–water partition coefficient (Wildman–Crippen LogP) is 9.13. The van der Waals surface area contributed by atoms with E-state index in [1.165, 1.54) is 18.2 Å². The van der Waals surface area contributed by atoms with Crippen LogP contribution in [0, 0.1) is 5.82 Å². The molecule has 0 aliphatic heterocycles. The molecule has 1 N–H and O–H groups in total. The van der Waals surface area contributed by atoms with E-state index in [2.05, 4.69) is 6.92 Å². The van der Waals surface area contributed by atoms with Gasteiger partial charge in [-0.05, 0) is 77.7 Å². The van der Waals surface area contributed by atoms with E-state index >= 15 is 0 Å². The molecule has 0 amide bonds. The van der Waals surface area contributed by atoms with Crippen LogP contribution in [0.25, 0.3) is 34.5 Å². The second-order valence-electron chi connectivity index (χ2n) is 9.29. The summed E-state index contributed by atoms with van der Waals surface area (Å²) in [6.07, 6.45) is 5.90. The number of hydrogen-bond acceptors (Lipinski definition) is 3. The first-order chi connectivity index (χ1) is 19.8. The van der Waals surface area contributed by atoms with E-state index in [4.69, 9.17) is 38.0 Å². The zero-order valence-corrected chi connectivity index (χ0v) is 23.5. The van der Waals surface area contributed by atoms with Crippen LogP contribution in [0.15, 0.2) is 91.1 Å². The Bertz CT molecular complexity index is 1730. The Morgan fingerprint density at radius 3 is 2.34 bits per heavy atom. The highest BCUT2D eigenvalue weighted by atomic mass is 35.5. The SMILES string of the molecule is CCn1cc(-c2ccc(Cl)cc2Cl)nc1/C=C/c1ccc(-c2ccc(OCc3ccc(C(=O)O)cc3)c(F)c2)cc1. The van der Waals surface area contributed by atoms with Gasteiger partial charge in [-0.25, -0.2) is 14.2 Å². The molecule has 0 aliphatic carbocycles. The molecule has 0 saturated heterocycles. The van der Waals surface area contributed by atoms with Crippen molar-refractivity contribution in [3.05, 3.63) is 130 Å². The van der Waals surface area contributed by atoms with Crippen molar-refractivity contribution >= 4 is 41.3 Å². The van der Waals surface area contributed by atoms with Crippen LogP contribution < -0.4 is 4.74 Å². The zero-order chi connectivity index (χ0) is 28.9. The minimum absolute atomic E-state index is 0.126. The number of halogens is 3. The number of aromatic carboxylic acids is 1. The molecule has 5 aromatic rings. The van der Waals surface area contributed by atoms with Gasteiger partial charge in [-0.1, -0.05) is 71.7 Å². The van der Waals surface area contributed by atoms with Gasteiger partial charge >= 0.3 is 5.97 Å². The van der Waals surface area contributed by atoms with Gasteiger partial charge < -0.3 is 14.4 Å². The first-order valence-electron chi connectivity index (χ1n) is 12.9. The number of ether oxygens (including phenoxy) is 1. The van der Waals surface area contributed by atoms with Crippen molar-refractivity contribution < 1.29 is 19.0 Å². The molecular weight excluding hydrogens is 562 g/mol. The highest BCUT2D eigenvalue weighted by molar-refractivity contribution is 6.36. The van der Waals surface area contributed by atoms with E-state index in [1.54, 1.807) is 36.4 Å². The largest absolute Gasteiger partial charge is 0.486 e. The van der Waals surface area contributed by atoms with Crippen molar-refractivity contribution in [3.8, 4) is 28.1 Å². The predicted molar refractivity (Wildman–Crippen MR) is 162 cm³/mol. The maximum atomic E-state index is 14.8. The summed E-state index contributed by atoms with van der Waals surface area (Å²) in [6.45, 7) is 2.93. The van der Waals surface area contributed by atoms with Crippen molar-refractivity contribution in [2.45, 2.75) is 20.1 Å². The maximum absolute atomic E-state index is 14.8. The zero-order valence-electron chi connectivity index (χ0n) is 22.0. The lowest BCUT2D eigenvalue weighted by Crippen LogP contribution is -2.00. The Labute approximate surface area is 247 Å². The average Bonchev–Trinajstić information content (AvgIpc) is 3.39. The van der Waals surface area contributed by atoms with E-state index < -0.39 is 11.8 Å². The molecule has 1 aromatic heterocycles. The molecule has 0 radical (unpaired) electrons. The molecule has 1 heterocycles. The highest BCUT2D eigenvalue weighted by Gasteiger charge is 2.11. The Morgan fingerprint density at radius 1 is 0.951 bits per heavy atom. The number of aryl methyl sites for hydroxylation is 1. The molecule has 0 atom stereocenters. The summed E-state index contributed by atoms with van der Waals surface area (Å²) in [6, 6.07) is 24.3. The minimum atomic E-state index is -0.999. The Hall–Kier alpha value is -4.39. The quantitative estimate of drug-likeness (QED) is 0.187. The van der Waals surface area contributed by atoms with Gasteiger partial charge in [0.05, 0.1) is 16.3 Å². The number of carboxylic acids is 1. The van der Waals surface area contributed by atoms with Gasteiger partial charge in [0.25, 0.3) is 0 Å². The van der Waals surface area contributed by atoms with Gasteiger partial charge in [0.2, 0.25) is 0 Å². The molecule has 0 fully saturated rings. The Kier molecular flexibility index (Phi) is 8.53. The van der Waals surface area contributed by atoms with E-state index in [9.17, 15) is 9.18 Å². The van der Waals surface area contributed by atoms with E-state index in [-0.39, 0.29) is 17.9 Å². The number of nitrogens with zero attached hydrogens (tertiary/aromatic N) is 2. The first-order valence-corrected chi connectivity index (χ1v) is 13.6. The fourth-order valence-electron chi connectivity index (χ4n) is 4.30. The molecule has 206 valence electrons. The first kappa shape index (κ1) is 28.1. The van der Waals surface area contributed by atoms with Gasteiger partial charge in [-0.3, -0.25) is 0 Å².